The van der Waals surface area contributed by atoms with Gasteiger partial charge in [-0.25, -0.2) is 4.79 Å². The van der Waals surface area contributed by atoms with Crippen molar-refractivity contribution in [1.29, 1.82) is 0 Å². The third kappa shape index (κ3) is 7.03. The molecular formula is C4H6N2O2S. The van der Waals surface area contributed by atoms with Crippen LogP contribution in [-0.2, 0) is 4.79 Å². The first-order valence-electron chi connectivity index (χ1n) is 2.04. The van der Waals surface area contributed by atoms with Gasteiger partial charge in [-0.2, -0.15) is 5.10 Å². The van der Waals surface area contributed by atoms with Crippen molar-refractivity contribution in [2.45, 2.75) is 0 Å². The summed E-state index contributed by atoms with van der Waals surface area (Å²) >= 11 is 1.10. The molecule has 0 aliphatic heterocycles. The van der Waals surface area contributed by atoms with Gasteiger partial charge in [-0.1, -0.05) is 11.8 Å². The van der Waals surface area contributed by atoms with Gasteiger partial charge in [-0.15, -0.1) is 0 Å². The highest BCUT2D eigenvalue weighted by Crippen LogP contribution is 1.94. The maximum Gasteiger partial charge on any atom is 0.328 e. The van der Waals surface area contributed by atoms with E-state index in [2.05, 4.69) is 5.10 Å². The minimum absolute atomic E-state index is 0.979. The number of nitrogens with zero attached hydrogens (tertiary/aromatic N) is 1. The van der Waals surface area contributed by atoms with Crippen LogP contribution in [0.5, 0.6) is 0 Å². The van der Waals surface area contributed by atoms with Gasteiger partial charge in [0.1, 0.15) is 0 Å². The molecule has 0 bridgehead atoms. The molecule has 0 unspecified atom stereocenters. The van der Waals surface area contributed by atoms with Crippen molar-refractivity contribution < 1.29 is 9.90 Å². The molecule has 0 spiro atoms. The zero-order valence-corrected chi connectivity index (χ0v) is 5.34. The summed E-state index contributed by atoms with van der Waals surface area (Å²) in [5, 5.41) is 12.5. The fourth-order valence-electron chi connectivity index (χ4n) is 0.168. The molecule has 0 saturated heterocycles. The molecule has 0 radical (unpaired) electrons. The molecule has 0 aromatic heterocycles. The van der Waals surface area contributed by atoms with E-state index in [1.54, 1.807) is 0 Å². The Bertz CT molecular complexity index is 144. The molecule has 0 saturated carbocycles. The number of aliphatic carboxylic acids is 1. The van der Waals surface area contributed by atoms with Crippen LogP contribution in [0.25, 0.3) is 0 Å². The largest absolute Gasteiger partial charge is 0.478 e. The summed E-state index contributed by atoms with van der Waals surface area (Å²) < 4.78 is 0. The van der Waals surface area contributed by atoms with Crippen LogP contribution >= 0.6 is 11.8 Å². The highest BCUT2D eigenvalue weighted by molar-refractivity contribution is 8.14. The number of carbonyl (C=O) groups is 1. The molecule has 0 aliphatic rings. The molecule has 0 fully saturated rings. The van der Waals surface area contributed by atoms with Crippen molar-refractivity contribution in [2.24, 2.45) is 10.9 Å². The molecule has 3 N–H and O–H groups in total. The Balaban J connectivity index is 3.36. The molecular weight excluding hydrogens is 140 g/mol. The van der Waals surface area contributed by atoms with Gasteiger partial charge in [0.2, 0.25) is 0 Å². The van der Waals surface area contributed by atoms with Gasteiger partial charge < -0.3 is 10.9 Å². The van der Waals surface area contributed by atoms with E-state index >= 15 is 0 Å². The van der Waals surface area contributed by atoms with Crippen LogP contribution in [0.15, 0.2) is 16.6 Å². The summed E-state index contributed by atoms with van der Waals surface area (Å²) in [6, 6.07) is 0. The van der Waals surface area contributed by atoms with E-state index in [1.807, 2.05) is 0 Å². The predicted molar refractivity (Wildman–Crippen MR) is 37.0 cm³/mol. The van der Waals surface area contributed by atoms with Gasteiger partial charge >= 0.3 is 5.97 Å². The fourth-order valence-corrected chi connectivity index (χ4v) is 0.503. The summed E-state index contributed by atoms with van der Waals surface area (Å²) in [6.45, 7) is 0. The third-order valence-corrected chi connectivity index (χ3v) is 0.948. The van der Waals surface area contributed by atoms with Gasteiger partial charge in [0, 0.05) is 6.08 Å². The molecule has 0 aromatic carbocycles. The first kappa shape index (κ1) is 8.03. The van der Waals surface area contributed by atoms with Crippen LogP contribution in [-0.4, -0.2) is 16.6 Å². The maximum absolute atomic E-state index is 9.79. The summed E-state index contributed by atoms with van der Waals surface area (Å²) in [6.07, 6.45) is 1.01. The normalized spacial score (nSPS) is 11.1. The Labute approximate surface area is 56.4 Å². The summed E-state index contributed by atoms with van der Waals surface area (Å²) in [4.78, 5) is 9.79. The van der Waals surface area contributed by atoms with E-state index in [-0.39, 0.29) is 0 Å². The Morgan fingerprint density at radius 2 is 2.44 bits per heavy atom. The highest BCUT2D eigenvalue weighted by atomic mass is 32.2. The zero-order chi connectivity index (χ0) is 7.11. The monoisotopic (exact) mass is 146 g/mol. The topological polar surface area (TPSA) is 75.7 Å². The number of rotatable bonds is 3. The minimum atomic E-state index is -0.979. The third-order valence-electron chi connectivity index (χ3n) is 0.411. The quantitative estimate of drug-likeness (QED) is 0.196. The van der Waals surface area contributed by atoms with E-state index in [9.17, 15) is 4.79 Å². The molecule has 5 heteroatoms. The molecule has 0 amide bonds. The Morgan fingerprint density at radius 1 is 1.78 bits per heavy atom. The van der Waals surface area contributed by atoms with E-state index in [4.69, 9.17) is 10.9 Å². The average Bonchev–Trinajstić information content (AvgIpc) is 1.80. The van der Waals surface area contributed by atoms with Crippen molar-refractivity contribution in [1.82, 2.24) is 0 Å². The maximum atomic E-state index is 9.79. The summed E-state index contributed by atoms with van der Waals surface area (Å²) in [5.74, 6) is 3.73. The highest BCUT2D eigenvalue weighted by Gasteiger charge is 1.81. The van der Waals surface area contributed by atoms with E-state index in [1.165, 1.54) is 11.0 Å². The van der Waals surface area contributed by atoms with E-state index < -0.39 is 5.97 Å². The molecule has 0 heterocycles. The Hall–Kier alpha value is -0.970. The van der Waals surface area contributed by atoms with Crippen molar-refractivity contribution in [3.8, 4) is 0 Å². The lowest BCUT2D eigenvalue weighted by Crippen LogP contribution is -1.84. The van der Waals surface area contributed by atoms with Gasteiger partial charge in [-0.05, 0) is 5.41 Å². The SMILES string of the molecule is NN=CSC=CC(=O)O. The molecule has 0 atom stereocenters. The second-order valence-corrected chi connectivity index (χ2v) is 1.79. The second kappa shape index (κ2) is 5.17. The minimum Gasteiger partial charge on any atom is -0.478 e. The molecule has 0 aromatic rings. The smallest absolute Gasteiger partial charge is 0.328 e. The summed E-state index contributed by atoms with van der Waals surface area (Å²) in [5.41, 5.74) is 1.33. The zero-order valence-electron chi connectivity index (χ0n) is 4.52. The lowest BCUT2D eigenvalue weighted by Gasteiger charge is -1.76. The molecule has 0 rings (SSSR count). The number of hydrazone groups is 1. The van der Waals surface area contributed by atoms with Crippen molar-refractivity contribution in [3.05, 3.63) is 11.5 Å². The van der Waals surface area contributed by atoms with Gasteiger partial charge in [0.05, 0.1) is 5.55 Å². The lowest BCUT2D eigenvalue weighted by atomic mass is 10.7. The van der Waals surface area contributed by atoms with Crippen LogP contribution in [0.1, 0.15) is 0 Å². The summed E-state index contributed by atoms with van der Waals surface area (Å²) in [7, 11) is 0. The van der Waals surface area contributed by atoms with Crippen molar-refractivity contribution >= 4 is 23.3 Å². The average molecular weight is 146 g/mol. The Kier molecular flexibility index (Phi) is 4.61. The van der Waals surface area contributed by atoms with Crippen LogP contribution in [0.2, 0.25) is 0 Å². The van der Waals surface area contributed by atoms with Crippen LogP contribution in [0.4, 0.5) is 0 Å². The van der Waals surface area contributed by atoms with Crippen LogP contribution < -0.4 is 5.84 Å². The predicted octanol–water partition coefficient (Wildman–Crippen LogP) is 0.220. The number of carboxylic acid groups (broad SMARTS) is 1. The number of nitrogens with two attached hydrogens (primary N) is 1. The first-order valence-corrected chi connectivity index (χ1v) is 2.98. The number of hydrogen-bond acceptors (Lipinski definition) is 4. The molecule has 9 heavy (non-hydrogen) atoms. The van der Waals surface area contributed by atoms with E-state index in [0.29, 0.717) is 0 Å². The second-order valence-electron chi connectivity index (χ2n) is 1.03. The van der Waals surface area contributed by atoms with Crippen molar-refractivity contribution in [3.63, 3.8) is 0 Å². The van der Waals surface area contributed by atoms with E-state index in [0.717, 1.165) is 17.8 Å². The van der Waals surface area contributed by atoms with Gasteiger partial charge in [-0.3, -0.25) is 0 Å². The van der Waals surface area contributed by atoms with Gasteiger partial charge in [0.25, 0.3) is 0 Å². The van der Waals surface area contributed by atoms with Crippen molar-refractivity contribution in [2.75, 3.05) is 0 Å². The number of thioether (sulfide) groups is 1. The molecule has 0 aliphatic carbocycles. The number of hydrogen-bond donors (Lipinski definition) is 2. The lowest BCUT2D eigenvalue weighted by molar-refractivity contribution is -0.131. The first-order chi connectivity index (χ1) is 4.27. The fraction of sp³-hybridized carbons (Fsp3) is 0. The van der Waals surface area contributed by atoms with Crippen LogP contribution in [0.3, 0.4) is 0 Å². The van der Waals surface area contributed by atoms with Crippen LogP contribution in [0, 0.1) is 0 Å². The van der Waals surface area contributed by atoms with Gasteiger partial charge in [0.15, 0.2) is 0 Å². The molecule has 4 nitrogen and oxygen atoms in total. The molecule has 50 valence electrons. The standard InChI is InChI=1S/C4H6N2O2S/c5-6-3-9-2-1-4(7)8/h1-3H,5H2,(H,7,8). The Morgan fingerprint density at radius 3 is 2.89 bits per heavy atom. The number of carboxylic acids is 1.